The van der Waals surface area contributed by atoms with E-state index in [1.807, 2.05) is 0 Å². The third-order valence-corrected chi connectivity index (χ3v) is 2.40. The maximum absolute atomic E-state index is 3.92. The zero-order valence-corrected chi connectivity index (χ0v) is 5.92. The molecule has 0 amide bonds. The van der Waals surface area contributed by atoms with E-state index >= 15 is 0 Å². The van der Waals surface area contributed by atoms with Crippen LogP contribution in [0.3, 0.4) is 0 Å². The zero-order valence-electron chi connectivity index (χ0n) is 5.11. The van der Waals surface area contributed by atoms with Crippen molar-refractivity contribution in [1.29, 1.82) is 0 Å². The lowest BCUT2D eigenvalue weighted by molar-refractivity contribution is 1.11. The van der Waals surface area contributed by atoms with E-state index in [-0.39, 0.29) is 0 Å². The molecule has 0 bridgehead atoms. The normalized spacial score (nSPS) is 14.6. The average Bonchev–Trinajstić information content (AvgIpc) is 1.68. The van der Waals surface area contributed by atoms with E-state index in [4.69, 9.17) is 0 Å². The highest BCUT2D eigenvalue weighted by Crippen LogP contribution is 1.73. The molecule has 44 valence electrons. The Labute approximate surface area is 48.1 Å². The first kappa shape index (κ1) is 7.09. The molecule has 0 saturated carbocycles. The fraction of sp³-hybridized carbons (Fsp3) is 0.667. The van der Waals surface area contributed by atoms with Crippen LogP contribution in [0.4, 0.5) is 0 Å². The Hall–Kier alpha value is 0.0900. The molecule has 0 spiro atoms. The van der Waals surface area contributed by atoms with Crippen LogP contribution >= 0.6 is 0 Å². The minimum absolute atomic E-state index is 0.348. The second kappa shape index (κ2) is 4.25. The first-order valence-corrected chi connectivity index (χ1v) is 4.22. The first-order valence-electron chi connectivity index (χ1n) is 2.60. The largest absolute Gasteiger partial charge is 0.482 e. The molecule has 1 heteroatoms. The molecule has 0 saturated heterocycles. The van der Waals surface area contributed by atoms with Crippen LogP contribution in [-0.2, 0) is 10.1 Å². The molecular formula is C6H13S-. The van der Waals surface area contributed by atoms with E-state index in [0.29, 0.717) is 10.1 Å². The third-order valence-electron chi connectivity index (χ3n) is 0.800. The summed E-state index contributed by atoms with van der Waals surface area (Å²) in [5.74, 6) is 5.18. The molecule has 7 heavy (non-hydrogen) atoms. The third kappa shape index (κ3) is 3.93. The predicted molar refractivity (Wildman–Crippen MR) is 41.4 cm³/mol. The lowest BCUT2D eigenvalue weighted by Gasteiger charge is -2.01. The average molecular weight is 117 g/mol. The monoisotopic (exact) mass is 117 g/mol. The maximum Gasteiger partial charge on any atom is -0.0671 e. The van der Waals surface area contributed by atoms with E-state index in [9.17, 15) is 0 Å². The molecular weight excluding hydrogens is 104 g/mol. The standard InChI is InChI=1S/C6H13S/c1-4-6-7(3)5-2/h5H,3-4,6H2,1-2H3/q-1. The van der Waals surface area contributed by atoms with E-state index in [1.54, 1.807) is 0 Å². The van der Waals surface area contributed by atoms with Gasteiger partial charge >= 0.3 is 0 Å². The Morgan fingerprint density at radius 2 is 2.29 bits per heavy atom. The summed E-state index contributed by atoms with van der Waals surface area (Å²) < 4.78 is 0. The summed E-state index contributed by atoms with van der Waals surface area (Å²) in [7, 11) is 0.348. The van der Waals surface area contributed by atoms with E-state index in [1.165, 1.54) is 12.2 Å². The fourth-order valence-electron chi connectivity index (χ4n) is 0.380. The summed E-state index contributed by atoms with van der Waals surface area (Å²) >= 11 is 0. The molecule has 0 fully saturated rings. The molecule has 0 aromatic carbocycles. The second-order valence-corrected chi connectivity index (χ2v) is 3.43. The molecule has 0 atom stereocenters. The highest BCUT2D eigenvalue weighted by molar-refractivity contribution is 7.92. The van der Waals surface area contributed by atoms with E-state index < -0.39 is 0 Å². The molecule has 0 aliphatic heterocycles. The van der Waals surface area contributed by atoms with Crippen molar-refractivity contribution in [2.24, 2.45) is 0 Å². The SMILES string of the molecule is C=[S-](=CC)CCC. The fourth-order valence-corrected chi connectivity index (χ4v) is 1.14. The van der Waals surface area contributed by atoms with Crippen molar-refractivity contribution in [2.75, 3.05) is 5.75 Å². The molecule has 0 radical (unpaired) electrons. The molecule has 0 unspecified atom stereocenters. The van der Waals surface area contributed by atoms with Gasteiger partial charge in [-0.25, -0.2) is 11.2 Å². The van der Waals surface area contributed by atoms with Crippen molar-refractivity contribution in [3.05, 3.63) is 0 Å². The minimum Gasteiger partial charge on any atom is -0.482 e. The summed E-state index contributed by atoms with van der Waals surface area (Å²) in [6.45, 7) is 4.26. The summed E-state index contributed by atoms with van der Waals surface area (Å²) in [6.07, 6.45) is 1.26. The van der Waals surface area contributed by atoms with Gasteiger partial charge in [0.25, 0.3) is 0 Å². The van der Waals surface area contributed by atoms with Gasteiger partial charge in [-0.15, -0.1) is 5.75 Å². The van der Waals surface area contributed by atoms with Gasteiger partial charge in [-0.3, -0.25) is 0 Å². The summed E-state index contributed by atoms with van der Waals surface area (Å²) in [5, 5.41) is 2.17. The van der Waals surface area contributed by atoms with Crippen molar-refractivity contribution in [2.45, 2.75) is 20.3 Å². The van der Waals surface area contributed by atoms with Crippen molar-refractivity contribution < 1.29 is 0 Å². The number of hydrogen-bond acceptors (Lipinski definition) is 1. The van der Waals surface area contributed by atoms with Crippen LogP contribution in [0.1, 0.15) is 20.3 Å². The Bertz CT molecular complexity index is 96.7. The van der Waals surface area contributed by atoms with Gasteiger partial charge in [0.1, 0.15) is 0 Å². The molecule has 0 aromatic rings. The molecule has 0 heterocycles. The van der Waals surface area contributed by atoms with Crippen LogP contribution < -0.4 is 0 Å². The highest BCUT2D eigenvalue weighted by atomic mass is 32.2. The molecule has 0 aliphatic carbocycles. The Morgan fingerprint density at radius 1 is 1.71 bits per heavy atom. The van der Waals surface area contributed by atoms with Gasteiger partial charge in [-0.1, -0.05) is 20.3 Å². The number of hydrogen-bond donors (Lipinski definition) is 0. The van der Waals surface area contributed by atoms with Crippen LogP contribution in [0.25, 0.3) is 0 Å². The van der Waals surface area contributed by atoms with Gasteiger partial charge < -0.3 is 10.1 Å². The Morgan fingerprint density at radius 3 is 2.43 bits per heavy atom. The Balaban J connectivity index is 3.39. The van der Waals surface area contributed by atoms with Gasteiger partial charge in [0.15, 0.2) is 0 Å². The van der Waals surface area contributed by atoms with Crippen molar-refractivity contribution in [3.8, 4) is 0 Å². The number of rotatable bonds is 2. The van der Waals surface area contributed by atoms with Gasteiger partial charge in [0, 0.05) is 0 Å². The van der Waals surface area contributed by atoms with Crippen LogP contribution in [-0.4, -0.2) is 17.0 Å². The van der Waals surface area contributed by atoms with E-state index in [2.05, 4.69) is 25.1 Å². The summed E-state index contributed by atoms with van der Waals surface area (Å²) in [4.78, 5) is 0. The quantitative estimate of drug-likeness (QED) is 0.377. The smallest absolute Gasteiger partial charge is 0.0671 e. The van der Waals surface area contributed by atoms with E-state index in [0.717, 1.165) is 0 Å². The lowest BCUT2D eigenvalue weighted by Crippen LogP contribution is -1.84. The summed E-state index contributed by atoms with van der Waals surface area (Å²) in [5.41, 5.74) is 0. The zero-order chi connectivity index (χ0) is 5.70. The molecule has 0 aromatic heterocycles. The maximum atomic E-state index is 3.92. The topological polar surface area (TPSA) is 0 Å². The van der Waals surface area contributed by atoms with Crippen LogP contribution in [0.5, 0.6) is 0 Å². The van der Waals surface area contributed by atoms with Crippen LogP contribution in [0.15, 0.2) is 0 Å². The van der Waals surface area contributed by atoms with Crippen molar-refractivity contribution in [1.82, 2.24) is 0 Å². The lowest BCUT2D eigenvalue weighted by atomic mass is 10.6. The Kier molecular flexibility index (Phi) is 4.31. The summed E-state index contributed by atoms with van der Waals surface area (Å²) in [6, 6.07) is 0. The van der Waals surface area contributed by atoms with Gasteiger partial charge in [0.2, 0.25) is 0 Å². The molecule has 0 N–H and O–H groups in total. The van der Waals surface area contributed by atoms with Crippen LogP contribution in [0, 0.1) is 0 Å². The van der Waals surface area contributed by atoms with Gasteiger partial charge in [0.05, 0.1) is 0 Å². The minimum atomic E-state index is 0.348. The highest BCUT2D eigenvalue weighted by Gasteiger charge is 1.57. The molecule has 0 aliphatic rings. The molecule has 0 rings (SSSR count). The first-order chi connectivity index (χ1) is 3.31. The van der Waals surface area contributed by atoms with Crippen LogP contribution in [0.2, 0.25) is 0 Å². The van der Waals surface area contributed by atoms with Gasteiger partial charge in [-0.2, -0.15) is 0 Å². The van der Waals surface area contributed by atoms with Crippen molar-refractivity contribution in [3.63, 3.8) is 0 Å². The van der Waals surface area contributed by atoms with Crippen molar-refractivity contribution >= 4 is 21.3 Å². The second-order valence-electron chi connectivity index (χ2n) is 1.48. The predicted octanol–water partition coefficient (Wildman–Crippen LogP) is 1.27. The molecule has 0 nitrogen and oxygen atoms in total. The van der Waals surface area contributed by atoms with Gasteiger partial charge in [-0.05, 0) is 0 Å².